The molecule has 0 saturated heterocycles. The lowest BCUT2D eigenvalue weighted by molar-refractivity contribution is 0.557. The van der Waals surface area contributed by atoms with Crippen LogP contribution in [-0.2, 0) is 5.33 Å². The molecule has 0 spiro atoms. The van der Waals surface area contributed by atoms with E-state index in [9.17, 15) is 0 Å². The zero-order chi connectivity index (χ0) is 8.55. The third kappa shape index (κ3) is 1.25. The number of alkyl halides is 1. The fraction of sp³-hybridized carbons (Fsp3) is 0.125. The highest BCUT2D eigenvalue weighted by Gasteiger charge is 2.05. The minimum absolute atomic E-state index is 0.634. The lowest BCUT2D eigenvalue weighted by Gasteiger charge is -1.87. The maximum absolute atomic E-state index is 5.39. The van der Waals surface area contributed by atoms with Gasteiger partial charge in [0.25, 0.3) is 0 Å². The zero-order valence-corrected chi connectivity index (χ0v) is 8.60. The maximum atomic E-state index is 5.39. The number of halogens is 1. The number of fused-ring (bicyclic) bond motifs is 1. The molecule has 0 aliphatic rings. The highest BCUT2D eigenvalue weighted by atomic mass is 79.9. The summed E-state index contributed by atoms with van der Waals surface area (Å²) in [5, 5.41) is 0.634. The normalized spacial score (nSPS) is 10.8. The Kier molecular flexibility index (Phi) is 2.11. The first-order valence-corrected chi connectivity index (χ1v) is 5.01. The third-order valence-corrected chi connectivity index (χ3v) is 2.40. The summed E-state index contributed by atoms with van der Waals surface area (Å²) in [5.41, 5.74) is 1.62. The second-order valence-electron chi connectivity index (χ2n) is 2.37. The summed E-state index contributed by atoms with van der Waals surface area (Å²) in [4.78, 5) is 5.09. The van der Waals surface area contributed by atoms with Crippen molar-refractivity contribution < 1.29 is 4.42 Å². The molecule has 0 amide bonds. The molecule has 0 N–H and O–H groups in total. The van der Waals surface area contributed by atoms with Crippen LogP contribution in [0.25, 0.3) is 11.1 Å². The SMILES string of the molecule is Sc1cccc2oc(CBr)nc12. The van der Waals surface area contributed by atoms with Crippen molar-refractivity contribution in [3.8, 4) is 0 Å². The first-order chi connectivity index (χ1) is 5.81. The first kappa shape index (κ1) is 8.13. The molecule has 0 fully saturated rings. The van der Waals surface area contributed by atoms with Gasteiger partial charge >= 0.3 is 0 Å². The van der Waals surface area contributed by atoms with Gasteiger partial charge in [-0.2, -0.15) is 0 Å². The maximum Gasteiger partial charge on any atom is 0.206 e. The highest BCUT2D eigenvalue weighted by molar-refractivity contribution is 9.08. The summed E-state index contributed by atoms with van der Waals surface area (Å²) in [7, 11) is 0. The van der Waals surface area contributed by atoms with Crippen LogP contribution in [0, 0.1) is 0 Å². The predicted octanol–water partition coefficient (Wildman–Crippen LogP) is 3.01. The summed E-state index contributed by atoms with van der Waals surface area (Å²) in [6, 6.07) is 5.67. The zero-order valence-electron chi connectivity index (χ0n) is 6.12. The Morgan fingerprint density at radius 3 is 3.00 bits per heavy atom. The summed E-state index contributed by atoms with van der Waals surface area (Å²) in [6.07, 6.45) is 0. The van der Waals surface area contributed by atoms with Crippen LogP contribution in [0.5, 0.6) is 0 Å². The minimum Gasteiger partial charge on any atom is -0.440 e. The molecule has 0 aliphatic heterocycles. The standard InChI is InChI=1S/C8H6BrNOS/c9-4-7-10-8-5(11-7)2-1-3-6(8)12/h1-3,12H,4H2. The quantitative estimate of drug-likeness (QED) is 0.616. The van der Waals surface area contributed by atoms with E-state index >= 15 is 0 Å². The van der Waals surface area contributed by atoms with E-state index in [0.29, 0.717) is 11.2 Å². The van der Waals surface area contributed by atoms with Crippen molar-refractivity contribution in [2.24, 2.45) is 0 Å². The molecule has 0 atom stereocenters. The number of para-hydroxylation sites is 1. The Morgan fingerprint density at radius 1 is 1.50 bits per heavy atom. The van der Waals surface area contributed by atoms with E-state index in [2.05, 4.69) is 33.5 Å². The van der Waals surface area contributed by atoms with E-state index in [1.54, 1.807) is 0 Å². The number of aromatic nitrogens is 1. The molecule has 1 heterocycles. The van der Waals surface area contributed by atoms with Crippen molar-refractivity contribution in [2.75, 3.05) is 0 Å². The van der Waals surface area contributed by atoms with E-state index in [-0.39, 0.29) is 0 Å². The summed E-state index contributed by atoms with van der Waals surface area (Å²) >= 11 is 7.54. The van der Waals surface area contributed by atoms with E-state index in [4.69, 9.17) is 4.42 Å². The van der Waals surface area contributed by atoms with Crippen molar-refractivity contribution in [1.29, 1.82) is 0 Å². The van der Waals surface area contributed by atoms with Gasteiger partial charge in [-0.15, -0.1) is 12.6 Å². The predicted molar refractivity (Wildman–Crippen MR) is 53.9 cm³/mol. The summed E-state index contributed by atoms with van der Waals surface area (Å²) in [5.74, 6) is 0.687. The van der Waals surface area contributed by atoms with E-state index in [1.807, 2.05) is 18.2 Å². The first-order valence-electron chi connectivity index (χ1n) is 3.44. The lowest BCUT2D eigenvalue weighted by Crippen LogP contribution is -1.73. The van der Waals surface area contributed by atoms with Gasteiger partial charge in [0.2, 0.25) is 5.89 Å². The molecule has 2 aromatic rings. The van der Waals surface area contributed by atoms with E-state index < -0.39 is 0 Å². The van der Waals surface area contributed by atoms with E-state index in [0.717, 1.165) is 16.0 Å². The molecule has 2 nitrogen and oxygen atoms in total. The Labute approximate surface area is 83.5 Å². The summed E-state index contributed by atoms with van der Waals surface area (Å²) < 4.78 is 5.39. The van der Waals surface area contributed by atoms with Crippen LogP contribution in [0.3, 0.4) is 0 Å². The summed E-state index contributed by atoms with van der Waals surface area (Å²) in [6.45, 7) is 0. The van der Waals surface area contributed by atoms with Gasteiger partial charge in [0, 0.05) is 4.90 Å². The average molecular weight is 244 g/mol. The van der Waals surface area contributed by atoms with Crippen LogP contribution >= 0.6 is 28.6 Å². The van der Waals surface area contributed by atoms with E-state index in [1.165, 1.54) is 0 Å². The molecule has 1 aromatic heterocycles. The van der Waals surface area contributed by atoms with Crippen molar-refractivity contribution in [1.82, 2.24) is 4.98 Å². The Balaban J connectivity index is 2.74. The molecule has 2 rings (SSSR count). The van der Waals surface area contributed by atoms with Crippen LogP contribution < -0.4 is 0 Å². The third-order valence-electron chi connectivity index (χ3n) is 1.56. The number of hydrogen-bond donors (Lipinski definition) is 1. The lowest BCUT2D eigenvalue weighted by atomic mass is 10.3. The molecular formula is C8H6BrNOS. The molecular weight excluding hydrogens is 238 g/mol. The smallest absolute Gasteiger partial charge is 0.206 e. The van der Waals surface area contributed by atoms with Gasteiger partial charge in [0.05, 0.1) is 5.33 Å². The number of nitrogens with zero attached hydrogens (tertiary/aromatic N) is 1. The number of oxazole rings is 1. The van der Waals surface area contributed by atoms with Gasteiger partial charge < -0.3 is 4.42 Å². The van der Waals surface area contributed by atoms with Crippen molar-refractivity contribution in [3.05, 3.63) is 24.1 Å². The average Bonchev–Trinajstić information content (AvgIpc) is 2.49. The highest BCUT2D eigenvalue weighted by Crippen LogP contribution is 2.22. The molecule has 0 saturated carbocycles. The van der Waals surface area contributed by atoms with Crippen LogP contribution in [-0.4, -0.2) is 4.98 Å². The van der Waals surface area contributed by atoms with Gasteiger partial charge in [0.1, 0.15) is 5.52 Å². The molecule has 62 valence electrons. The van der Waals surface area contributed by atoms with Gasteiger partial charge in [-0.1, -0.05) is 22.0 Å². The van der Waals surface area contributed by atoms with Gasteiger partial charge in [-0.25, -0.2) is 4.98 Å². The van der Waals surface area contributed by atoms with Crippen molar-refractivity contribution in [3.63, 3.8) is 0 Å². The Hall–Kier alpha value is -0.480. The second-order valence-corrected chi connectivity index (χ2v) is 3.41. The molecule has 0 unspecified atom stereocenters. The van der Waals surface area contributed by atoms with Crippen molar-refractivity contribution in [2.45, 2.75) is 10.2 Å². The minimum atomic E-state index is 0.634. The van der Waals surface area contributed by atoms with Crippen LogP contribution in [0.4, 0.5) is 0 Å². The second kappa shape index (κ2) is 3.11. The van der Waals surface area contributed by atoms with Crippen LogP contribution in [0.2, 0.25) is 0 Å². The van der Waals surface area contributed by atoms with Crippen LogP contribution in [0.1, 0.15) is 5.89 Å². The van der Waals surface area contributed by atoms with Crippen LogP contribution in [0.15, 0.2) is 27.5 Å². The molecule has 0 radical (unpaired) electrons. The van der Waals surface area contributed by atoms with Gasteiger partial charge in [-0.05, 0) is 12.1 Å². The number of hydrogen-bond acceptors (Lipinski definition) is 3. The molecule has 4 heteroatoms. The monoisotopic (exact) mass is 243 g/mol. The van der Waals surface area contributed by atoms with Crippen molar-refractivity contribution >= 4 is 39.7 Å². The molecule has 12 heavy (non-hydrogen) atoms. The largest absolute Gasteiger partial charge is 0.440 e. The molecule has 0 bridgehead atoms. The molecule has 1 aromatic carbocycles. The molecule has 0 aliphatic carbocycles. The number of thiol groups is 1. The fourth-order valence-corrected chi connectivity index (χ4v) is 1.52. The topological polar surface area (TPSA) is 26.0 Å². The number of rotatable bonds is 1. The van der Waals surface area contributed by atoms with Gasteiger partial charge in [-0.3, -0.25) is 0 Å². The Bertz CT molecular complexity index is 412. The fourth-order valence-electron chi connectivity index (χ4n) is 1.04. The van der Waals surface area contributed by atoms with Gasteiger partial charge in [0.15, 0.2) is 5.58 Å². The Morgan fingerprint density at radius 2 is 2.33 bits per heavy atom. The number of benzene rings is 1.